The molecule has 0 bridgehead atoms. The standard InChI is InChI=1S/C11H11BrClNO2/c1-2-5-14-10(11(15)16)7-3-4-8(12)9(13)6-7/h2-4,6,10,14H,1,5H2,(H,15,16). The van der Waals surface area contributed by atoms with E-state index in [1.165, 1.54) is 0 Å². The minimum Gasteiger partial charge on any atom is -0.480 e. The molecule has 1 aromatic rings. The smallest absolute Gasteiger partial charge is 0.325 e. The summed E-state index contributed by atoms with van der Waals surface area (Å²) < 4.78 is 0.741. The molecule has 1 unspecified atom stereocenters. The Morgan fingerprint density at radius 1 is 1.69 bits per heavy atom. The first-order valence-corrected chi connectivity index (χ1v) is 5.75. The lowest BCUT2D eigenvalue weighted by Crippen LogP contribution is -2.28. The minimum absolute atomic E-state index is 0.421. The van der Waals surface area contributed by atoms with Crippen molar-refractivity contribution in [1.29, 1.82) is 0 Å². The van der Waals surface area contributed by atoms with E-state index in [0.717, 1.165) is 4.47 Å². The minimum atomic E-state index is -0.944. The maximum atomic E-state index is 11.1. The largest absolute Gasteiger partial charge is 0.480 e. The molecule has 1 rings (SSSR count). The number of carboxylic acids is 1. The van der Waals surface area contributed by atoms with E-state index in [1.54, 1.807) is 24.3 Å². The zero-order chi connectivity index (χ0) is 12.1. The molecule has 1 aromatic carbocycles. The van der Waals surface area contributed by atoms with Crippen LogP contribution in [-0.2, 0) is 4.79 Å². The van der Waals surface area contributed by atoms with E-state index in [1.807, 2.05) is 0 Å². The van der Waals surface area contributed by atoms with Crippen molar-refractivity contribution in [2.75, 3.05) is 6.54 Å². The van der Waals surface area contributed by atoms with Crippen LogP contribution in [0.1, 0.15) is 11.6 Å². The second kappa shape index (κ2) is 6.03. The number of carbonyl (C=O) groups is 1. The second-order valence-electron chi connectivity index (χ2n) is 3.14. The Morgan fingerprint density at radius 2 is 2.38 bits per heavy atom. The lowest BCUT2D eigenvalue weighted by atomic mass is 10.1. The van der Waals surface area contributed by atoms with Gasteiger partial charge in [0.2, 0.25) is 0 Å². The van der Waals surface area contributed by atoms with Crippen LogP contribution in [0.25, 0.3) is 0 Å². The van der Waals surface area contributed by atoms with Crippen molar-refractivity contribution in [3.63, 3.8) is 0 Å². The molecule has 0 aliphatic heterocycles. The molecule has 0 saturated carbocycles. The molecule has 0 amide bonds. The predicted molar refractivity (Wildman–Crippen MR) is 67.7 cm³/mol. The summed E-state index contributed by atoms with van der Waals surface area (Å²) in [6, 6.07) is 4.29. The molecule has 0 aromatic heterocycles. The lowest BCUT2D eigenvalue weighted by molar-refractivity contribution is -0.139. The van der Waals surface area contributed by atoms with Crippen LogP contribution in [0.3, 0.4) is 0 Å². The number of nitrogens with one attached hydrogen (secondary N) is 1. The van der Waals surface area contributed by atoms with Crippen LogP contribution in [0.5, 0.6) is 0 Å². The van der Waals surface area contributed by atoms with E-state index in [4.69, 9.17) is 16.7 Å². The first kappa shape index (κ1) is 13.2. The highest BCUT2D eigenvalue weighted by Gasteiger charge is 2.19. The van der Waals surface area contributed by atoms with Crippen LogP contribution in [0, 0.1) is 0 Å². The molecular weight excluding hydrogens is 293 g/mol. The average molecular weight is 305 g/mol. The fourth-order valence-corrected chi connectivity index (χ4v) is 1.68. The summed E-state index contributed by atoms with van der Waals surface area (Å²) in [6.07, 6.45) is 1.61. The Balaban J connectivity index is 2.96. The molecule has 0 saturated heterocycles. The van der Waals surface area contributed by atoms with Crippen LogP contribution in [0.15, 0.2) is 35.3 Å². The summed E-state index contributed by atoms with van der Waals surface area (Å²) in [7, 11) is 0. The summed E-state index contributed by atoms with van der Waals surface area (Å²) in [6.45, 7) is 3.95. The molecule has 1 atom stereocenters. The van der Waals surface area contributed by atoms with Crippen molar-refractivity contribution >= 4 is 33.5 Å². The van der Waals surface area contributed by atoms with Gasteiger partial charge in [0, 0.05) is 11.0 Å². The summed E-state index contributed by atoms with van der Waals surface area (Å²) in [5, 5.41) is 12.4. The van der Waals surface area contributed by atoms with Gasteiger partial charge in [0.15, 0.2) is 0 Å². The second-order valence-corrected chi connectivity index (χ2v) is 4.40. The van der Waals surface area contributed by atoms with Gasteiger partial charge in [0.05, 0.1) is 5.02 Å². The Bertz CT molecular complexity index is 409. The van der Waals surface area contributed by atoms with Crippen LogP contribution in [-0.4, -0.2) is 17.6 Å². The predicted octanol–water partition coefficient (Wildman–Crippen LogP) is 3.00. The summed E-state index contributed by atoms with van der Waals surface area (Å²) in [4.78, 5) is 11.1. The highest BCUT2D eigenvalue weighted by atomic mass is 79.9. The molecule has 86 valence electrons. The Labute approximate surface area is 107 Å². The van der Waals surface area contributed by atoms with E-state index in [0.29, 0.717) is 17.1 Å². The van der Waals surface area contributed by atoms with Gasteiger partial charge in [-0.2, -0.15) is 0 Å². The number of benzene rings is 1. The van der Waals surface area contributed by atoms with Gasteiger partial charge in [-0.1, -0.05) is 23.7 Å². The van der Waals surface area contributed by atoms with E-state index in [2.05, 4.69) is 27.8 Å². The third-order valence-electron chi connectivity index (χ3n) is 1.99. The molecule has 0 spiro atoms. The highest BCUT2D eigenvalue weighted by molar-refractivity contribution is 9.10. The van der Waals surface area contributed by atoms with E-state index in [9.17, 15) is 4.79 Å². The Morgan fingerprint density at radius 3 is 2.88 bits per heavy atom. The molecular formula is C11H11BrClNO2. The molecule has 16 heavy (non-hydrogen) atoms. The van der Waals surface area contributed by atoms with Crippen molar-refractivity contribution < 1.29 is 9.90 Å². The zero-order valence-corrected chi connectivity index (χ0v) is 10.8. The fraction of sp³-hybridized carbons (Fsp3) is 0.182. The normalized spacial score (nSPS) is 12.1. The topological polar surface area (TPSA) is 49.3 Å². The maximum absolute atomic E-state index is 11.1. The van der Waals surface area contributed by atoms with Gasteiger partial charge in [0.1, 0.15) is 6.04 Å². The van der Waals surface area contributed by atoms with Crippen molar-refractivity contribution in [3.8, 4) is 0 Å². The van der Waals surface area contributed by atoms with Crippen molar-refractivity contribution in [1.82, 2.24) is 5.32 Å². The molecule has 2 N–H and O–H groups in total. The molecule has 0 aliphatic rings. The first-order chi connectivity index (χ1) is 7.56. The number of halogens is 2. The van der Waals surface area contributed by atoms with Crippen LogP contribution < -0.4 is 5.32 Å². The Hall–Kier alpha value is -0.840. The first-order valence-electron chi connectivity index (χ1n) is 4.58. The van der Waals surface area contributed by atoms with Crippen LogP contribution in [0.2, 0.25) is 5.02 Å². The molecule has 0 fully saturated rings. The average Bonchev–Trinajstić information content (AvgIpc) is 2.23. The molecule has 3 nitrogen and oxygen atoms in total. The number of rotatable bonds is 5. The number of hydrogen-bond donors (Lipinski definition) is 2. The summed E-state index contributed by atoms with van der Waals surface area (Å²) in [5.74, 6) is -0.944. The number of aliphatic carboxylic acids is 1. The van der Waals surface area contributed by atoms with Gasteiger partial charge in [0.25, 0.3) is 0 Å². The van der Waals surface area contributed by atoms with E-state index in [-0.39, 0.29) is 0 Å². The van der Waals surface area contributed by atoms with Crippen LogP contribution >= 0.6 is 27.5 Å². The summed E-state index contributed by atoms with van der Waals surface area (Å²) in [5.41, 5.74) is 0.613. The van der Waals surface area contributed by atoms with Crippen molar-refractivity contribution in [3.05, 3.63) is 45.9 Å². The molecule has 0 radical (unpaired) electrons. The third kappa shape index (κ3) is 3.33. The third-order valence-corrected chi connectivity index (χ3v) is 3.22. The quantitative estimate of drug-likeness (QED) is 0.822. The molecule has 0 aliphatic carbocycles. The van der Waals surface area contributed by atoms with Gasteiger partial charge >= 0.3 is 5.97 Å². The van der Waals surface area contributed by atoms with Crippen molar-refractivity contribution in [2.24, 2.45) is 0 Å². The monoisotopic (exact) mass is 303 g/mol. The SMILES string of the molecule is C=CCNC(C(=O)O)c1ccc(Br)c(Cl)c1. The van der Waals surface area contributed by atoms with Gasteiger partial charge in [-0.05, 0) is 33.6 Å². The number of hydrogen-bond acceptors (Lipinski definition) is 2. The number of carboxylic acid groups (broad SMARTS) is 1. The van der Waals surface area contributed by atoms with Gasteiger partial charge in [-0.15, -0.1) is 6.58 Å². The summed E-state index contributed by atoms with van der Waals surface area (Å²) >= 11 is 9.16. The lowest BCUT2D eigenvalue weighted by Gasteiger charge is -2.14. The molecule has 0 heterocycles. The zero-order valence-electron chi connectivity index (χ0n) is 8.41. The van der Waals surface area contributed by atoms with Gasteiger partial charge in [-0.25, -0.2) is 0 Å². The van der Waals surface area contributed by atoms with Crippen molar-refractivity contribution in [2.45, 2.75) is 6.04 Å². The van der Waals surface area contributed by atoms with Gasteiger partial charge < -0.3 is 5.11 Å². The maximum Gasteiger partial charge on any atom is 0.325 e. The molecule has 5 heteroatoms. The van der Waals surface area contributed by atoms with E-state index >= 15 is 0 Å². The highest BCUT2D eigenvalue weighted by Crippen LogP contribution is 2.26. The fourth-order valence-electron chi connectivity index (χ4n) is 1.24. The van der Waals surface area contributed by atoms with E-state index < -0.39 is 12.0 Å². The van der Waals surface area contributed by atoms with Gasteiger partial charge in [-0.3, -0.25) is 10.1 Å². The Kier molecular flexibility index (Phi) is 4.99. The van der Waals surface area contributed by atoms with Crippen LogP contribution in [0.4, 0.5) is 0 Å².